The SMILES string of the molecule is CCC(=O)Nc1nc(-c2ccc(N)cc2)nn1-c1ccc(OC(F)(F)F)cc1. The smallest absolute Gasteiger partial charge is 0.406 e. The molecule has 7 nitrogen and oxygen atoms in total. The number of amides is 1. The van der Waals surface area contributed by atoms with E-state index < -0.39 is 6.36 Å². The Morgan fingerprint density at radius 1 is 1.14 bits per heavy atom. The molecular weight excluding hydrogens is 375 g/mol. The molecule has 2 aromatic carbocycles. The molecule has 0 bridgehead atoms. The molecule has 0 saturated carbocycles. The predicted molar refractivity (Wildman–Crippen MR) is 96.8 cm³/mol. The number of hydrogen-bond acceptors (Lipinski definition) is 5. The second kappa shape index (κ2) is 7.59. The number of alkyl halides is 3. The quantitative estimate of drug-likeness (QED) is 0.646. The highest BCUT2D eigenvalue weighted by atomic mass is 19.4. The van der Waals surface area contributed by atoms with Gasteiger partial charge in [0.2, 0.25) is 11.9 Å². The van der Waals surface area contributed by atoms with Crippen LogP contribution in [-0.4, -0.2) is 27.0 Å². The van der Waals surface area contributed by atoms with Crippen LogP contribution in [0.2, 0.25) is 0 Å². The van der Waals surface area contributed by atoms with Gasteiger partial charge < -0.3 is 10.5 Å². The summed E-state index contributed by atoms with van der Waals surface area (Å²) < 4.78 is 42.2. The zero-order valence-corrected chi connectivity index (χ0v) is 14.7. The van der Waals surface area contributed by atoms with E-state index in [1.807, 2.05) is 0 Å². The molecule has 0 aliphatic heterocycles. The van der Waals surface area contributed by atoms with E-state index in [9.17, 15) is 18.0 Å². The Hall–Kier alpha value is -3.56. The van der Waals surface area contributed by atoms with E-state index in [2.05, 4.69) is 20.1 Å². The predicted octanol–water partition coefficient (Wildman–Crippen LogP) is 3.76. The molecule has 0 aliphatic carbocycles. The minimum absolute atomic E-state index is 0.142. The van der Waals surface area contributed by atoms with Crippen molar-refractivity contribution in [1.82, 2.24) is 14.8 Å². The van der Waals surface area contributed by atoms with Gasteiger partial charge in [0.05, 0.1) is 5.69 Å². The third kappa shape index (κ3) is 4.58. The molecule has 28 heavy (non-hydrogen) atoms. The van der Waals surface area contributed by atoms with Gasteiger partial charge in [-0.2, -0.15) is 9.67 Å². The van der Waals surface area contributed by atoms with Crippen molar-refractivity contribution in [3.05, 3.63) is 48.5 Å². The van der Waals surface area contributed by atoms with Crippen molar-refractivity contribution in [3.63, 3.8) is 0 Å². The summed E-state index contributed by atoms with van der Waals surface area (Å²) in [4.78, 5) is 16.1. The van der Waals surface area contributed by atoms with Crippen molar-refractivity contribution in [2.24, 2.45) is 0 Å². The maximum Gasteiger partial charge on any atom is 0.573 e. The Balaban J connectivity index is 1.98. The van der Waals surface area contributed by atoms with Gasteiger partial charge in [0, 0.05) is 17.7 Å². The van der Waals surface area contributed by atoms with Crippen molar-refractivity contribution in [1.29, 1.82) is 0 Å². The third-order valence-corrected chi connectivity index (χ3v) is 3.66. The number of hydrogen-bond donors (Lipinski definition) is 2. The van der Waals surface area contributed by atoms with E-state index >= 15 is 0 Å². The lowest BCUT2D eigenvalue weighted by Gasteiger charge is -2.10. The van der Waals surface area contributed by atoms with Gasteiger partial charge in [-0.3, -0.25) is 10.1 Å². The first kappa shape index (κ1) is 19.2. The van der Waals surface area contributed by atoms with Crippen molar-refractivity contribution in [2.45, 2.75) is 19.7 Å². The number of nitrogens with two attached hydrogens (primary N) is 1. The number of carbonyl (C=O) groups is 1. The number of aromatic nitrogens is 3. The molecule has 0 fully saturated rings. The third-order valence-electron chi connectivity index (χ3n) is 3.66. The maximum atomic E-state index is 12.3. The first-order valence-corrected chi connectivity index (χ1v) is 8.24. The van der Waals surface area contributed by atoms with Crippen LogP contribution in [0.4, 0.5) is 24.8 Å². The van der Waals surface area contributed by atoms with Gasteiger partial charge in [-0.05, 0) is 48.5 Å². The monoisotopic (exact) mass is 391 g/mol. The summed E-state index contributed by atoms with van der Waals surface area (Å²) >= 11 is 0. The molecule has 1 amide bonds. The molecular formula is C18H16F3N5O2. The van der Waals surface area contributed by atoms with E-state index in [0.717, 1.165) is 12.1 Å². The highest BCUT2D eigenvalue weighted by molar-refractivity contribution is 5.89. The Kier molecular flexibility index (Phi) is 5.21. The largest absolute Gasteiger partial charge is 0.573 e. The van der Waals surface area contributed by atoms with Crippen LogP contribution in [0, 0.1) is 0 Å². The van der Waals surface area contributed by atoms with E-state index in [1.54, 1.807) is 31.2 Å². The molecule has 0 atom stereocenters. The van der Waals surface area contributed by atoms with Crippen molar-refractivity contribution in [3.8, 4) is 22.8 Å². The van der Waals surface area contributed by atoms with Crippen LogP contribution in [0.15, 0.2) is 48.5 Å². The molecule has 1 aromatic heterocycles. The number of anilines is 2. The highest BCUT2D eigenvalue weighted by Crippen LogP contribution is 2.26. The van der Waals surface area contributed by atoms with Gasteiger partial charge in [-0.15, -0.1) is 18.3 Å². The summed E-state index contributed by atoms with van der Waals surface area (Å²) in [6.45, 7) is 1.68. The highest BCUT2D eigenvalue weighted by Gasteiger charge is 2.31. The normalized spacial score (nSPS) is 11.3. The van der Waals surface area contributed by atoms with Gasteiger partial charge in [0.1, 0.15) is 5.75 Å². The molecule has 1 heterocycles. The van der Waals surface area contributed by atoms with Crippen molar-refractivity contribution >= 4 is 17.5 Å². The molecule has 3 rings (SSSR count). The second-order valence-electron chi connectivity index (χ2n) is 5.74. The average Bonchev–Trinajstić information content (AvgIpc) is 3.05. The Bertz CT molecular complexity index is 966. The second-order valence-corrected chi connectivity index (χ2v) is 5.74. The zero-order chi connectivity index (χ0) is 20.3. The molecule has 0 radical (unpaired) electrons. The number of nitrogen functional groups attached to an aromatic ring is 1. The van der Waals surface area contributed by atoms with Gasteiger partial charge in [0.25, 0.3) is 0 Å². The lowest BCUT2D eigenvalue weighted by atomic mass is 10.2. The summed E-state index contributed by atoms with van der Waals surface area (Å²) in [5.74, 6) is -0.186. The summed E-state index contributed by atoms with van der Waals surface area (Å²) in [6, 6.07) is 11.9. The lowest BCUT2D eigenvalue weighted by molar-refractivity contribution is -0.274. The topological polar surface area (TPSA) is 95.1 Å². The van der Waals surface area contributed by atoms with Gasteiger partial charge in [0.15, 0.2) is 5.82 Å². The Labute approximate surface area is 157 Å². The standard InChI is InChI=1S/C18H16F3N5O2/c1-2-15(27)23-17-24-16(11-3-5-12(22)6-4-11)25-26(17)13-7-9-14(10-8-13)28-18(19,20)21/h3-10H,2,22H2,1H3,(H,23,24,25,27). The molecule has 0 saturated heterocycles. The number of carbonyl (C=O) groups excluding carboxylic acids is 1. The minimum Gasteiger partial charge on any atom is -0.406 e. The number of rotatable bonds is 5. The van der Waals surface area contributed by atoms with Crippen LogP contribution in [-0.2, 0) is 4.79 Å². The number of benzene rings is 2. The average molecular weight is 391 g/mol. The lowest BCUT2D eigenvalue weighted by Crippen LogP contribution is -2.17. The Morgan fingerprint density at radius 2 is 1.79 bits per heavy atom. The summed E-state index contributed by atoms with van der Waals surface area (Å²) in [5.41, 5.74) is 7.31. The van der Waals surface area contributed by atoms with Gasteiger partial charge in [-0.25, -0.2) is 0 Å². The van der Waals surface area contributed by atoms with Gasteiger partial charge in [-0.1, -0.05) is 6.92 Å². The first-order chi connectivity index (χ1) is 13.2. The molecule has 0 aliphatic rings. The summed E-state index contributed by atoms with van der Waals surface area (Å²) in [5, 5.41) is 6.99. The number of nitrogens with zero attached hydrogens (tertiary/aromatic N) is 3. The van der Waals surface area contributed by atoms with E-state index in [-0.39, 0.29) is 24.0 Å². The molecule has 0 spiro atoms. The molecule has 3 N–H and O–H groups in total. The number of nitrogens with one attached hydrogen (secondary N) is 1. The van der Waals surface area contributed by atoms with E-state index in [1.165, 1.54) is 16.8 Å². The van der Waals surface area contributed by atoms with Crippen LogP contribution in [0.25, 0.3) is 17.1 Å². The van der Waals surface area contributed by atoms with Crippen molar-refractivity contribution in [2.75, 3.05) is 11.1 Å². The molecule has 146 valence electrons. The molecule has 0 unspecified atom stereocenters. The molecule has 3 aromatic rings. The minimum atomic E-state index is -4.78. The van der Waals surface area contributed by atoms with Gasteiger partial charge >= 0.3 is 6.36 Å². The summed E-state index contributed by atoms with van der Waals surface area (Å²) in [6.07, 6.45) is -4.56. The molecule has 10 heteroatoms. The zero-order valence-electron chi connectivity index (χ0n) is 14.7. The van der Waals surface area contributed by atoms with Crippen molar-refractivity contribution < 1.29 is 22.7 Å². The van der Waals surface area contributed by atoms with Crippen LogP contribution in [0.5, 0.6) is 5.75 Å². The fourth-order valence-electron chi connectivity index (χ4n) is 2.33. The Morgan fingerprint density at radius 3 is 2.36 bits per heavy atom. The van der Waals surface area contributed by atoms with Crippen LogP contribution < -0.4 is 15.8 Å². The van der Waals surface area contributed by atoms with E-state index in [0.29, 0.717) is 22.8 Å². The van der Waals surface area contributed by atoms with Crippen LogP contribution in [0.1, 0.15) is 13.3 Å². The fraction of sp³-hybridized carbons (Fsp3) is 0.167. The maximum absolute atomic E-state index is 12.3. The summed E-state index contributed by atoms with van der Waals surface area (Å²) in [7, 11) is 0. The van der Waals surface area contributed by atoms with E-state index in [4.69, 9.17) is 5.73 Å². The number of halogens is 3. The first-order valence-electron chi connectivity index (χ1n) is 8.24. The number of ether oxygens (including phenoxy) is 1. The van der Waals surface area contributed by atoms with Crippen LogP contribution >= 0.6 is 0 Å². The van der Waals surface area contributed by atoms with Crippen LogP contribution in [0.3, 0.4) is 0 Å². The fourth-order valence-corrected chi connectivity index (χ4v) is 2.33.